The minimum Gasteiger partial charge on any atom is -0.336 e. The molecule has 3 aromatic carbocycles. The van der Waals surface area contributed by atoms with Crippen LogP contribution in [0.15, 0.2) is 72.8 Å². The van der Waals surface area contributed by atoms with Crippen molar-refractivity contribution >= 4 is 5.91 Å². The SMILES string of the molecule is O=C(c1ccccc1C(F)(F)F)N1CCN(C2c3ccccc3CCc3ccccc32)CC1. The summed E-state index contributed by atoms with van der Waals surface area (Å²) in [5.74, 6) is -0.552. The van der Waals surface area contributed by atoms with Crippen molar-refractivity contribution in [2.75, 3.05) is 26.2 Å². The fourth-order valence-electron chi connectivity index (χ4n) is 5.16. The van der Waals surface area contributed by atoms with Crippen LogP contribution in [0.25, 0.3) is 0 Å². The van der Waals surface area contributed by atoms with Gasteiger partial charge in [0.05, 0.1) is 17.2 Å². The maximum absolute atomic E-state index is 13.4. The molecule has 1 aliphatic heterocycles. The molecule has 3 aromatic rings. The third kappa shape index (κ3) is 4.15. The Morgan fingerprint density at radius 3 is 1.82 bits per heavy atom. The number of carbonyl (C=O) groups is 1. The number of fused-ring (bicyclic) bond motifs is 2. The molecule has 0 saturated carbocycles. The molecule has 0 bridgehead atoms. The van der Waals surface area contributed by atoms with Crippen LogP contribution >= 0.6 is 0 Å². The number of hydrogen-bond donors (Lipinski definition) is 0. The number of nitrogens with zero attached hydrogens (tertiary/aromatic N) is 2. The summed E-state index contributed by atoms with van der Waals surface area (Å²) < 4.78 is 40.3. The number of aryl methyl sites for hydroxylation is 2. The quantitative estimate of drug-likeness (QED) is 0.525. The first kappa shape index (κ1) is 21.7. The predicted octanol–water partition coefficient (Wildman–Crippen LogP) is 5.35. The van der Waals surface area contributed by atoms with E-state index >= 15 is 0 Å². The second kappa shape index (κ2) is 8.67. The molecule has 1 heterocycles. The molecule has 170 valence electrons. The van der Waals surface area contributed by atoms with Gasteiger partial charge in [0.2, 0.25) is 0 Å². The average Bonchev–Trinajstić information content (AvgIpc) is 3.00. The van der Waals surface area contributed by atoms with Crippen LogP contribution in [-0.2, 0) is 19.0 Å². The zero-order valence-corrected chi connectivity index (χ0v) is 18.2. The second-order valence-electron chi connectivity index (χ2n) is 8.67. The molecule has 6 heteroatoms. The molecular formula is C27H25F3N2O. The van der Waals surface area contributed by atoms with Gasteiger partial charge in [-0.2, -0.15) is 13.2 Å². The lowest BCUT2D eigenvalue weighted by Gasteiger charge is -2.40. The number of halogens is 3. The molecule has 0 N–H and O–H groups in total. The number of carbonyl (C=O) groups excluding carboxylic acids is 1. The molecule has 3 nitrogen and oxygen atoms in total. The van der Waals surface area contributed by atoms with Gasteiger partial charge in [0.1, 0.15) is 0 Å². The first-order valence-electron chi connectivity index (χ1n) is 11.3. The third-order valence-corrected chi connectivity index (χ3v) is 6.79. The Hall–Kier alpha value is -3.12. The largest absolute Gasteiger partial charge is 0.417 e. The van der Waals surface area contributed by atoms with Crippen LogP contribution in [0.1, 0.15) is 44.2 Å². The van der Waals surface area contributed by atoms with E-state index in [-0.39, 0.29) is 11.6 Å². The molecule has 0 aromatic heterocycles. The number of piperazine rings is 1. The minimum absolute atomic E-state index is 0.0830. The summed E-state index contributed by atoms with van der Waals surface area (Å²) in [6.07, 6.45) is -2.59. The van der Waals surface area contributed by atoms with Gasteiger partial charge in [-0.1, -0.05) is 60.7 Å². The van der Waals surface area contributed by atoms with E-state index in [1.807, 2.05) is 0 Å². The number of benzene rings is 3. The van der Waals surface area contributed by atoms with Gasteiger partial charge in [0.25, 0.3) is 5.91 Å². The summed E-state index contributed by atoms with van der Waals surface area (Å²) in [6.45, 7) is 2.00. The number of hydrogen-bond acceptors (Lipinski definition) is 2. The van der Waals surface area contributed by atoms with Gasteiger partial charge < -0.3 is 4.90 Å². The first-order valence-corrected chi connectivity index (χ1v) is 11.3. The maximum atomic E-state index is 13.4. The van der Waals surface area contributed by atoms with Crippen LogP contribution in [0.4, 0.5) is 13.2 Å². The van der Waals surface area contributed by atoms with Crippen molar-refractivity contribution in [3.8, 4) is 0 Å². The molecule has 2 aliphatic rings. The Bertz CT molecular complexity index is 1120. The predicted molar refractivity (Wildman–Crippen MR) is 121 cm³/mol. The summed E-state index contributed by atoms with van der Waals surface area (Å²) in [7, 11) is 0. The van der Waals surface area contributed by atoms with Gasteiger partial charge in [-0.15, -0.1) is 0 Å². The van der Waals surface area contributed by atoms with Crippen LogP contribution < -0.4 is 0 Å². The van der Waals surface area contributed by atoms with Crippen molar-refractivity contribution in [3.63, 3.8) is 0 Å². The highest BCUT2D eigenvalue weighted by atomic mass is 19.4. The van der Waals surface area contributed by atoms with E-state index in [1.165, 1.54) is 40.5 Å². The van der Waals surface area contributed by atoms with Crippen LogP contribution in [0.2, 0.25) is 0 Å². The molecule has 1 saturated heterocycles. The Morgan fingerprint density at radius 2 is 1.24 bits per heavy atom. The fraction of sp³-hybridized carbons (Fsp3) is 0.296. The number of amides is 1. The van der Waals surface area contributed by atoms with Crippen LogP contribution in [0.3, 0.4) is 0 Å². The molecule has 1 fully saturated rings. The van der Waals surface area contributed by atoms with E-state index in [1.54, 1.807) is 4.90 Å². The normalized spacial score (nSPS) is 17.2. The van der Waals surface area contributed by atoms with E-state index in [2.05, 4.69) is 53.4 Å². The van der Waals surface area contributed by atoms with Crippen molar-refractivity contribution in [3.05, 3.63) is 106 Å². The maximum Gasteiger partial charge on any atom is 0.417 e. The smallest absolute Gasteiger partial charge is 0.336 e. The van der Waals surface area contributed by atoms with Crippen molar-refractivity contribution < 1.29 is 18.0 Å². The number of alkyl halides is 3. The molecule has 1 amide bonds. The fourth-order valence-corrected chi connectivity index (χ4v) is 5.16. The van der Waals surface area contributed by atoms with Gasteiger partial charge >= 0.3 is 6.18 Å². The molecule has 0 unspecified atom stereocenters. The standard InChI is InChI=1S/C27H25F3N2O/c28-27(29,30)24-12-6-5-11-23(24)26(33)32-17-15-31(16-18-32)25-21-9-3-1-7-19(21)13-14-20-8-2-4-10-22(20)25/h1-12,25H,13-18H2. The molecule has 0 radical (unpaired) electrons. The molecule has 33 heavy (non-hydrogen) atoms. The summed E-state index contributed by atoms with van der Waals surface area (Å²) in [5, 5.41) is 0. The van der Waals surface area contributed by atoms with E-state index in [0.29, 0.717) is 26.2 Å². The molecule has 5 rings (SSSR count). The van der Waals surface area contributed by atoms with Gasteiger partial charge in [0.15, 0.2) is 0 Å². The van der Waals surface area contributed by atoms with E-state index in [9.17, 15) is 18.0 Å². The Morgan fingerprint density at radius 1 is 0.727 bits per heavy atom. The Labute approximate surface area is 191 Å². The van der Waals surface area contributed by atoms with Crippen LogP contribution in [0, 0.1) is 0 Å². The van der Waals surface area contributed by atoms with Gasteiger partial charge in [-0.05, 0) is 47.2 Å². The van der Waals surface area contributed by atoms with Crippen LogP contribution in [-0.4, -0.2) is 41.9 Å². The first-order chi connectivity index (χ1) is 15.9. The zero-order valence-electron chi connectivity index (χ0n) is 18.2. The highest BCUT2D eigenvalue weighted by Gasteiger charge is 2.37. The van der Waals surface area contributed by atoms with Crippen LogP contribution in [0.5, 0.6) is 0 Å². The van der Waals surface area contributed by atoms with Crippen molar-refractivity contribution in [1.82, 2.24) is 9.80 Å². The molecule has 1 aliphatic carbocycles. The molecule has 0 atom stereocenters. The van der Waals surface area contributed by atoms with Gasteiger partial charge in [0, 0.05) is 26.2 Å². The van der Waals surface area contributed by atoms with E-state index < -0.39 is 17.6 Å². The Kier molecular flexibility index (Phi) is 5.71. The second-order valence-corrected chi connectivity index (χ2v) is 8.67. The Balaban J connectivity index is 1.40. The lowest BCUT2D eigenvalue weighted by molar-refractivity contribution is -0.138. The third-order valence-electron chi connectivity index (χ3n) is 6.79. The summed E-state index contributed by atoms with van der Waals surface area (Å²) in [5.41, 5.74) is 4.08. The number of rotatable bonds is 2. The van der Waals surface area contributed by atoms with E-state index in [0.717, 1.165) is 18.9 Å². The van der Waals surface area contributed by atoms with Crippen molar-refractivity contribution in [1.29, 1.82) is 0 Å². The topological polar surface area (TPSA) is 23.6 Å². The van der Waals surface area contributed by atoms with Gasteiger partial charge in [-0.3, -0.25) is 9.69 Å². The lowest BCUT2D eigenvalue weighted by atomic mass is 9.92. The molecule has 0 spiro atoms. The summed E-state index contributed by atoms with van der Waals surface area (Å²) in [4.78, 5) is 16.9. The monoisotopic (exact) mass is 450 g/mol. The molecular weight excluding hydrogens is 425 g/mol. The lowest BCUT2D eigenvalue weighted by Crippen LogP contribution is -2.50. The van der Waals surface area contributed by atoms with Crippen molar-refractivity contribution in [2.45, 2.75) is 25.1 Å². The average molecular weight is 451 g/mol. The highest BCUT2D eigenvalue weighted by molar-refractivity contribution is 5.96. The summed E-state index contributed by atoms with van der Waals surface area (Å²) >= 11 is 0. The zero-order chi connectivity index (χ0) is 23.0. The summed E-state index contributed by atoms with van der Waals surface area (Å²) in [6, 6.07) is 22.1. The minimum atomic E-state index is -4.55. The van der Waals surface area contributed by atoms with Crippen molar-refractivity contribution in [2.24, 2.45) is 0 Å². The highest BCUT2D eigenvalue weighted by Crippen LogP contribution is 2.37. The van der Waals surface area contributed by atoms with Gasteiger partial charge in [-0.25, -0.2) is 0 Å². The van der Waals surface area contributed by atoms with E-state index in [4.69, 9.17) is 0 Å².